The molecule has 1 atom stereocenters. The third-order valence-electron chi connectivity index (χ3n) is 5.51. The summed E-state index contributed by atoms with van der Waals surface area (Å²) in [4.78, 5) is 13.9. The minimum atomic E-state index is -0.437. The van der Waals surface area contributed by atoms with E-state index in [2.05, 4.69) is 25.2 Å². The molecule has 35 heavy (non-hydrogen) atoms. The number of nitrogens with two attached hydrogens (primary N) is 1. The molecule has 0 saturated carbocycles. The first-order valence-corrected chi connectivity index (χ1v) is 11.8. The number of aromatic amines is 1. The van der Waals surface area contributed by atoms with E-state index >= 15 is 0 Å². The zero-order valence-electron chi connectivity index (χ0n) is 19.7. The van der Waals surface area contributed by atoms with Crippen LogP contribution in [0.2, 0.25) is 10.0 Å². The second-order valence-electron chi connectivity index (χ2n) is 8.45. The predicted octanol–water partition coefficient (Wildman–Crippen LogP) is 5.38. The van der Waals surface area contributed by atoms with Gasteiger partial charge in [0.25, 0.3) is 0 Å². The minimum absolute atomic E-state index is 0.166. The maximum absolute atomic E-state index is 8.77. The lowest BCUT2D eigenvalue weighted by Gasteiger charge is -2.18. The van der Waals surface area contributed by atoms with Crippen LogP contribution < -0.4 is 15.8 Å². The number of benzene rings is 2. The Morgan fingerprint density at radius 1 is 1.17 bits per heavy atom. The molecule has 2 aromatic heterocycles. The predicted molar refractivity (Wildman–Crippen MR) is 143 cm³/mol. The van der Waals surface area contributed by atoms with Crippen LogP contribution in [0.1, 0.15) is 30.0 Å². The maximum atomic E-state index is 8.77. The number of imidazole rings is 1. The van der Waals surface area contributed by atoms with Gasteiger partial charge in [-0.25, -0.2) is 4.98 Å². The molecule has 0 spiro atoms. The molecule has 5 N–H and O–H groups in total. The number of pyridine rings is 1. The third-order valence-corrected chi connectivity index (χ3v) is 6.11. The van der Waals surface area contributed by atoms with Gasteiger partial charge in [0.05, 0.1) is 21.1 Å². The molecular weight excluding hydrogens is 485 g/mol. The topological polar surface area (TPSA) is 116 Å². The number of H-pyrrole nitrogens is 1. The highest BCUT2D eigenvalue weighted by Gasteiger charge is 2.18. The fraction of sp³-hybridized carbons (Fsp3) is 0.240. The molecule has 4 rings (SSSR count). The number of nitrogens with one attached hydrogen (secondary N) is 3. The van der Waals surface area contributed by atoms with Gasteiger partial charge in [-0.15, -0.1) is 0 Å². The van der Waals surface area contributed by atoms with Crippen molar-refractivity contribution in [3.8, 4) is 5.75 Å². The molecule has 1 unspecified atom stereocenters. The monoisotopic (exact) mass is 511 g/mol. The molecule has 2 heterocycles. The van der Waals surface area contributed by atoms with Crippen molar-refractivity contribution in [2.24, 2.45) is 0 Å². The lowest BCUT2D eigenvalue weighted by Crippen LogP contribution is -2.20. The average Bonchev–Trinajstić information content (AvgIpc) is 3.23. The normalized spacial score (nSPS) is 12.2. The van der Waals surface area contributed by atoms with Gasteiger partial charge < -0.3 is 25.7 Å². The van der Waals surface area contributed by atoms with Gasteiger partial charge in [-0.3, -0.25) is 10.4 Å². The summed E-state index contributed by atoms with van der Waals surface area (Å²) in [5.41, 5.74) is 10.6. The van der Waals surface area contributed by atoms with Crippen LogP contribution in [0.25, 0.3) is 11.0 Å². The molecule has 0 saturated heterocycles. The van der Waals surface area contributed by atoms with Gasteiger partial charge in [0, 0.05) is 48.0 Å². The first kappa shape index (κ1) is 24.8. The molecular formula is C25H27Cl2N7O. The van der Waals surface area contributed by atoms with Crippen LogP contribution in [-0.4, -0.2) is 52.7 Å². The van der Waals surface area contributed by atoms with Gasteiger partial charge in [-0.1, -0.05) is 23.2 Å². The fourth-order valence-electron chi connectivity index (χ4n) is 3.69. The summed E-state index contributed by atoms with van der Waals surface area (Å²) in [6.07, 6.45) is 2.61. The van der Waals surface area contributed by atoms with E-state index in [1.807, 2.05) is 39.2 Å². The van der Waals surface area contributed by atoms with Gasteiger partial charge in [0.1, 0.15) is 17.6 Å². The van der Waals surface area contributed by atoms with Crippen molar-refractivity contribution in [1.29, 1.82) is 5.41 Å². The number of likely N-dealkylation sites (N-methyl/N-ethyl adjacent to an activating group) is 1. The fourth-order valence-corrected chi connectivity index (χ4v) is 4.36. The van der Waals surface area contributed by atoms with E-state index in [1.54, 1.807) is 18.2 Å². The largest absolute Gasteiger partial charge is 0.486 e. The van der Waals surface area contributed by atoms with Gasteiger partial charge >= 0.3 is 0 Å². The van der Waals surface area contributed by atoms with Gasteiger partial charge in [-0.2, -0.15) is 0 Å². The summed E-state index contributed by atoms with van der Waals surface area (Å²) >= 11 is 12.5. The summed E-state index contributed by atoms with van der Waals surface area (Å²) < 4.78 is 6.08. The van der Waals surface area contributed by atoms with Crippen LogP contribution in [0.5, 0.6) is 5.75 Å². The Hall–Kier alpha value is -3.33. The van der Waals surface area contributed by atoms with Crippen molar-refractivity contribution in [3.05, 3.63) is 75.8 Å². The van der Waals surface area contributed by atoms with E-state index in [0.717, 1.165) is 29.8 Å². The SMILES string of the molecule is CC(Oc1ccc(N)c(C(=N)c2nc3ccc(NCCN(C)C)cc3[nH]2)c1)c1c(Cl)cncc1Cl. The van der Waals surface area contributed by atoms with Crippen LogP contribution in [0, 0.1) is 5.41 Å². The summed E-state index contributed by atoms with van der Waals surface area (Å²) in [5, 5.41) is 13.0. The van der Waals surface area contributed by atoms with Crippen molar-refractivity contribution < 1.29 is 4.74 Å². The first-order valence-electron chi connectivity index (χ1n) is 11.1. The molecule has 0 radical (unpaired) electrons. The zero-order chi connectivity index (χ0) is 25.1. The molecule has 4 aromatic rings. The number of halogens is 2. The number of ether oxygens (including phenoxy) is 1. The molecule has 0 aliphatic rings. The Morgan fingerprint density at radius 3 is 2.63 bits per heavy atom. The van der Waals surface area contributed by atoms with E-state index < -0.39 is 6.10 Å². The van der Waals surface area contributed by atoms with Crippen LogP contribution in [0.4, 0.5) is 11.4 Å². The van der Waals surface area contributed by atoms with Crippen LogP contribution in [0.3, 0.4) is 0 Å². The highest BCUT2D eigenvalue weighted by Crippen LogP contribution is 2.33. The minimum Gasteiger partial charge on any atom is -0.486 e. The highest BCUT2D eigenvalue weighted by atomic mass is 35.5. The smallest absolute Gasteiger partial charge is 0.157 e. The standard InChI is InChI=1S/C25H27Cl2N7O/c1-14(23-18(26)12-30-13-19(23)27)35-16-5-6-20(28)17(11-16)24(29)25-32-21-7-4-15(10-22(21)33-25)31-8-9-34(2)3/h4-7,10-14,29,31H,8-9,28H2,1-3H3,(H,32,33). The van der Waals surface area contributed by atoms with Gasteiger partial charge in [0.15, 0.2) is 5.82 Å². The quantitative estimate of drug-likeness (QED) is 0.177. The zero-order valence-corrected chi connectivity index (χ0v) is 21.2. The Labute approximate surface area is 213 Å². The molecule has 0 amide bonds. The number of nitrogens with zero attached hydrogens (tertiary/aromatic N) is 3. The Morgan fingerprint density at radius 2 is 1.91 bits per heavy atom. The van der Waals surface area contributed by atoms with Crippen LogP contribution >= 0.6 is 23.2 Å². The molecule has 0 aliphatic carbocycles. The highest BCUT2D eigenvalue weighted by molar-refractivity contribution is 6.35. The number of aromatic nitrogens is 3. The number of hydrogen-bond acceptors (Lipinski definition) is 7. The Bertz CT molecular complexity index is 1350. The van der Waals surface area contributed by atoms with E-state index in [-0.39, 0.29) is 5.71 Å². The third kappa shape index (κ3) is 5.67. The number of nitrogen functional groups attached to an aromatic ring is 1. The molecule has 0 bridgehead atoms. The second kappa shape index (κ2) is 10.5. The van der Waals surface area contributed by atoms with E-state index in [0.29, 0.717) is 38.4 Å². The summed E-state index contributed by atoms with van der Waals surface area (Å²) in [7, 11) is 4.07. The van der Waals surface area contributed by atoms with Crippen molar-refractivity contribution in [1.82, 2.24) is 19.9 Å². The van der Waals surface area contributed by atoms with Crippen molar-refractivity contribution in [2.75, 3.05) is 38.2 Å². The first-order chi connectivity index (χ1) is 16.7. The molecule has 2 aromatic carbocycles. The summed E-state index contributed by atoms with van der Waals surface area (Å²) in [5.74, 6) is 0.946. The van der Waals surface area contributed by atoms with Gasteiger partial charge in [0.2, 0.25) is 0 Å². The summed E-state index contributed by atoms with van der Waals surface area (Å²) in [6.45, 7) is 3.59. The van der Waals surface area contributed by atoms with Gasteiger partial charge in [-0.05, 0) is 57.4 Å². The molecule has 0 aliphatic heterocycles. The van der Waals surface area contributed by atoms with Crippen molar-refractivity contribution >= 4 is 51.3 Å². The van der Waals surface area contributed by atoms with Crippen LogP contribution in [0.15, 0.2) is 48.8 Å². The van der Waals surface area contributed by atoms with Crippen LogP contribution in [-0.2, 0) is 0 Å². The van der Waals surface area contributed by atoms with Crippen molar-refractivity contribution in [3.63, 3.8) is 0 Å². The Balaban J connectivity index is 1.55. The average molecular weight is 512 g/mol. The van der Waals surface area contributed by atoms with Crippen molar-refractivity contribution in [2.45, 2.75) is 13.0 Å². The van der Waals surface area contributed by atoms with E-state index in [1.165, 1.54) is 12.4 Å². The lowest BCUT2D eigenvalue weighted by molar-refractivity contribution is 0.227. The van der Waals surface area contributed by atoms with E-state index in [9.17, 15) is 0 Å². The molecule has 10 heteroatoms. The maximum Gasteiger partial charge on any atom is 0.157 e. The molecule has 0 fully saturated rings. The molecule has 182 valence electrons. The van der Waals surface area contributed by atoms with E-state index in [4.69, 9.17) is 39.1 Å². The number of hydrogen-bond donors (Lipinski definition) is 4. The Kier molecular flexibility index (Phi) is 7.45. The molecule has 8 nitrogen and oxygen atoms in total. The lowest BCUT2D eigenvalue weighted by atomic mass is 10.1. The number of anilines is 2. The second-order valence-corrected chi connectivity index (χ2v) is 9.26. The number of rotatable bonds is 9. The number of fused-ring (bicyclic) bond motifs is 1. The summed E-state index contributed by atoms with van der Waals surface area (Å²) in [6, 6.07) is 11.1.